The Balaban J connectivity index is 1.29. The molecule has 0 radical (unpaired) electrons. The number of carbonyl (C=O) groups excluding carboxylic acids is 2. The number of nitrogens with two attached hydrogens (primary N) is 1. The van der Waals surface area contributed by atoms with Gasteiger partial charge >= 0.3 is 6.18 Å². The Morgan fingerprint density at radius 2 is 1.98 bits per heavy atom. The highest BCUT2D eigenvalue weighted by Gasteiger charge is 2.38. The average molecular weight is 609 g/mol. The summed E-state index contributed by atoms with van der Waals surface area (Å²) in [6.45, 7) is 2.15. The first-order chi connectivity index (χ1) is 21.1. The van der Waals surface area contributed by atoms with E-state index in [0.29, 0.717) is 30.6 Å². The van der Waals surface area contributed by atoms with Gasteiger partial charge in [-0.25, -0.2) is 9.97 Å². The van der Waals surface area contributed by atoms with Gasteiger partial charge in [0.1, 0.15) is 6.54 Å². The second-order valence-corrected chi connectivity index (χ2v) is 10.5. The molecule has 3 heterocycles. The number of nitrogens with zero attached hydrogens (tertiary/aromatic N) is 6. The molecule has 0 aliphatic heterocycles. The highest BCUT2D eigenvalue weighted by atomic mass is 19.4. The fourth-order valence-corrected chi connectivity index (χ4v) is 5.36. The lowest BCUT2D eigenvalue weighted by Gasteiger charge is -2.14. The minimum atomic E-state index is -4.74. The van der Waals surface area contributed by atoms with E-state index >= 15 is 0 Å². The van der Waals surface area contributed by atoms with Crippen LogP contribution in [0, 0.1) is 17.2 Å². The Labute approximate surface area is 250 Å². The van der Waals surface area contributed by atoms with Crippen molar-refractivity contribution in [3.05, 3.63) is 59.8 Å². The Kier molecular flexibility index (Phi) is 8.81. The third kappa shape index (κ3) is 6.50. The van der Waals surface area contributed by atoms with E-state index in [1.54, 1.807) is 24.3 Å². The summed E-state index contributed by atoms with van der Waals surface area (Å²) in [5, 5.41) is 21.3. The van der Waals surface area contributed by atoms with Gasteiger partial charge in [0, 0.05) is 54.9 Å². The van der Waals surface area contributed by atoms with Gasteiger partial charge in [-0.05, 0) is 49.4 Å². The zero-order valence-corrected chi connectivity index (χ0v) is 23.9. The number of nitrogens with one attached hydrogen (secondary N) is 3. The van der Waals surface area contributed by atoms with Gasteiger partial charge in [0.15, 0.2) is 17.2 Å². The van der Waals surface area contributed by atoms with Crippen LogP contribution in [0.3, 0.4) is 0 Å². The standard InChI is InChI=1S/C29H31F3N10O2/c1-2-17-14-20(5-6-21(17)28(44)37-9-8-36-27(43)18-3-4-19(34)13-18)39-25-26-38-15-23(42(26)12-10-35-25)22-16-41(11-7-33)40-24(22)29(30,31)32/h5-6,10,12,14-16,18-19H,2-4,8-9,11,13,34H2,1H3,(H,35,39)(H,36,43)(H,37,44)/t18-,19-/m1/s1. The van der Waals surface area contributed by atoms with Crippen molar-refractivity contribution in [3.63, 3.8) is 0 Å². The van der Waals surface area contributed by atoms with E-state index in [4.69, 9.17) is 11.0 Å². The second kappa shape index (κ2) is 12.7. The van der Waals surface area contributed by atoms with Crippen molar-refractivity contribution in [1.82, 2.24) is 34.8 Å². The fourth-order valence-electron chi connectivity index (χ4n) is 5.36. The largest absolute Gasteiger partial charge is 0.435 e. The first kappa shape index (κ1) is 30.5. The number of amides is 2. The van der Waals surface area contributed by atoms with Crippen LogP contribution in [0.25, 0.3) is 16.9 Å². The molecule has 5 rings (SSSR count). The summed E-state index contributed by atoms with van der Waals surface area (Å²) in [7, 11) is 0. The molecule has 0 unspecified atom stereocenters. The number of nitriles is 1. The number of anilines is 2. The van der Waals surface area contributed by atoms with Gasteiger partial charge in [-0.15, -0.1) is 0 Å². The molecule has 15 heteroatoms. The van der Waals surface area contributed by atoms with Gasteiger partial charge in [0.05, 0.1) is 23.5 Å². The topological polar surface area (TPSA) is 168 Å². The molecule has 0 spiro atoms. The molecule has 0 saturated heterocycles. The minimum Gasteiger partial charge on any atom is -0.354 e. The van der Waals surface area contributed by atoms with Crippen LogP contribution in [0.4, 0.5) is 24.7 Å². The highest BCUT2D eigenvalue weighted by Crippen LogP contribution is 2.37. The van der Waals surface area contributed by atoms with Crippen LogP contribution in [-0.2, 0) is 23.9 Å². The summed E-state index contributed by atoms with van der Waals surface area (Å²) in [4.78, 5) is 33.8. The number of halogens is 3. The maximum Gasteiger partial charge on any atom is 0.435 e. The van der Waals surface area contributed by atoms with Gasteiger partial charge < -0.3 is 21.7 Å². The van der Waals surface area contributed by atoms with Crippen LogP contribution in [-0.4, -0.2) is 55.1 Å². The quantitative estimate of drug-likeness (QED) is 0.199. The zero-order valence-electron chi connectivity index (χ0n) is 23.9. The van der Waals surface area contributed by atoms with Gasteiger partial charge in [-0.1, -0.05) is 6.92 Å². The molecular weight excluding hydrogens is 577 g/mol. The van der Waals surface area contributed by atoms with Crippen molar-refractivity contribution in [2.75, 3.05) is 18.4 Å². The molecule has 1 fully saturated rings. The van der Waals surface area contributed by atoms with Gasteiger partial charge in [-0.3, -0.25) is 18.7 Å². The first-order valence-corrected chi connectivity index (χ1v) is 14.1. The predicted octanol–water partition coefficient (Wildman–Crippen LogP) is 3.41. The summed E-state index contributed by atoms with van der Waals surface area (Å²) < 4.78 is 43.6. The predicted molar refractivity (Wildman–Crippen MR) is 155 cm³/mol. The molecule has 1 aliphatic carbocycles. The second-order valence-electron chi connectivity index (χ2n) is 10.5. The monoisotopic (exact) mass is 608 g/mol. The van der Waals surface area contributed by atoms with Crippen molar-refractivity contribution < 1.29 is 22.8 Å². The molecule has 12 nitrogen and oxygen atoms in total. The van der Waals surface area contributed by atoms with E-state index in [1.165, 1.54) is 29.2 Å². The number of fused-ring (bicyclic) bond motifs is 1. The molecule has 1 aromatic carbocycles. The zero-order chi connectivity index (χ0) is 31.4. The number of hydrogen-bond donors (Lipinski definition) is 4. The normalized spacial score (nSPS) is 16.5. The van der Waals surface area contributed by atoms with Crippen LogP contribution in [0.5, 0.6) is 0 Å². The van der Waals surface area contributed by atoms with Gasteiger partial charge in [0.25, 0.3) is 5.91 Å². The summed E-state index contributed by atoms with van der Waals surface area (Å²) in [5.74, 6) is -0.108. The number of aromatic nitrogens is 5. The van der Waals surface area contributed by atoms with Crippen LogP contribution < -0.4 is 21.7 Å². The van der Waals surface area contributed by atoms with E-state index in [-0.39, 0.29) is 59.6 Å². The number of rotatable bonds is 10. The molecule has 4 aromatic rings. The van der Waals surface area contributed by atoms with Gasteiger partial charge in [0.2, 0.25) is 5.91 Å². The Morgan fingerprint density at radius 3 is 2.68 bits per heavy atom. The molecule has 2 amide bonds. The molecule has 1 saturated carbocycles. The summed E-state index contributed by atoms with van der Waals surface area (Å²) in [6.07, 6.45) is 3.48. The third-order valence-corrected chi connectivity index (χ3v) is 7.51. The van der Waals surface area contributed by atoms with E-state index in [0.717, 1.165) is 23.1 Å². The Morgan fingerprint density at radius 1 is 1.18 bits per heavy atom. The smallest absolute Gasteiger partial charge is 0.354 e. The van der Waals surface area contributed by atoms with Crippen LogP contribution in [0.15, 0.2) is 43.0 Å². The van der Waals surface area contributed by atoms with Crippen molar-refractivity contribution in [2.45, 2.75) is 51.4 Å². The number of aryl methyl sites for hydroxylation is 1. The number of carbonyl (C=O) groups is 2. The molecule has 3 aromatic heterocycles. The summed E-state index contributed by atoms with van der Waals surface area (Å²) >= 11 is 0. The van der Waals surface area contributed by atoms with Crippen LogP contribution in [0.2, 0.25) is 0 Å². The number of alkyl halides is 3. The van der Waals surface area contributed by atoms with E-state index in [9.17, 15) is 22.8 Å². The van der Waals surface area contributed by atoms with E-state index < -0.39 is 11.9 Å². The minimum absolute atomic E-state index is 0.0417. The van der Waals surface area contributed by atoms with Crippen molar-refractivity contribution in [2.24, 2.45) is 11.7 Å². The van der Waals surface area contributed by atoms with E-state index in [2.05, 4.69) is 31.0 Å². The lowest BCUT2D eigenvalue weighted by molar-refractivity contribution is -0.141. The molecule has 1 aliphatic rings. The summed E-state index contributed by atoms with van der Waals surface area (Å²) in [6, 6.07) is 7.02. The molecule has 0 bridgehead atoms. The van der Waals surface area contributed by atoms with Crippen molar-refractivity contribution >= 4 is 29.0 Å². The van der Waals surface area contributed by atoms with E-state index in [1.807, 2.05) is 6.92 Å². The third-order valence-electron chi connectivity index (χ3n) is 7.51. The lowest BCUT2D eigenvalue weighted by Crippen LogP contribution is -2.37. The van der Waals surface area contributed by atoms with Crippen molar-refractivity contribution in [3.8, 4) is 17.3 Å². The highest BCUT2D eigenvalue weighted by molar-refractivity contribution is 5.96. The molecule has 44 heavy (non-hydrogen) atoms. The maximum absolute atomic E-state index is 13.7. The molecular formula is C29H31F3N10O2. The summed E-state index contributed by atoms with van der Waals surface area (Å²) in [5.41, 5.74) is 6.78. The van der Waals surface area contributed by atoms with Crippen molar-refractivity contribution in [1.29, 1.82) is 5.26 Å². The average Bonchev–Trinajstić information content (AvgIpc) is 3.73. The number of hydrogen-bond acceptors (Lipinski definition) is 8. The Bertz CT molecular complexity index is 1720. The Hall–Kier alpha value is -4.97. The van der Waals surface area contributed by atoms with Crippen LogP contribution >= 0.6 is 0 Å². The molecule has 2 atom stereocenters. The number of benzene rings is 1. The fraction of sp³-hybridized carbons (Fsp3) is 0.379. The van der Waals surface area contributed by atoms with Gasteiger partial charge in [-0.2, -0.15) is 23.5 Å². The molecule has 5 N–H and O–H groups in total. The maximum atomic E-state index is 13.7. The van der Waals surface area contributed by atoms with Crippen LogP contribution in [0.1, 0.15) is 47.8 Å². The number of imidazole rings is 1. The SMILES string of the molecule is CCc1cc(Nc2nccn3c(-c4cn(CC#N)nc4C(F)(F)F)cnc23)ccc1C(=O)NCCNC(=O)[C@@H]1CC[C@@H](N)C1. The lowest BCUT2D eigenvalue weighted by atomic mass is 10.0. The first-order valence-electron chi connectivity index (χ1n) is 14.1. The molecule has 230 valence electrons.